The summed E-state index contributed by atoms with van der Waals surface area (Å²) >= 11 is 0. The molecular formula is C9H14N. The van der Waals surface area contributed by atoms with E-state index in [2.05, 4.69) is 30.7 Å². The molecule has 0 N–H and O–H groups in total. The molecule has 0 amide bonds. The number of nitrogens with zero attached hydrogens (tertiary/aromatic N) is 1. The smallest absolute Gasteiger partial charge is 0.0170 e. The van der Waals surface area contributed by atoms with E-state index < -0.39 is 0 Å². The van der Waals surface area contributed by atoms with Crippen molar-refractivity contribution >= 4 is 0 Å². The Morgan fingerprint density at radius 1 is 1.90 bits per heavy atom. The highest BCUT2D eigenvalue weighted by atomic mass is 15.1. The van der Waals surface area contributed by atoms with Crippen LogP contribution in [0.2, 0.25) is 0 Å². The molecule has 1 rings (SSSR count). The molecule has 0 aromatic carbocycles. The molecule has 0 aromatic rings. The minimum absolute atomic E-state index is 0.641. The van der Waals surface area contributed by atoms with Crippen molar-refractivity contribution in [2.45, 2.75) is 18.9 Å². The summed E-state index contributed by atoms with van der Waals surface area (Å²) in [5.41, 5.74) is 0. The van der Waals surface area contributed by atoms with Crippen molar-refractivity contribution in [3.63, 3.8) is 0 Å². The van der Waals surface area contributed by atoms with Crippen LogP contribution in [0.4, 0.5) is 0 Å². The van der Waals surface area contributed by atoms with E-state index in [0.717, 1.165) is 19.4 Å². The molecule has 1 radical (unpaired) electrons. The Hall–Kier alpha value is -0.560. The summed E-state index contributed by atoms with van der Waals surface area (Å²) in [5, 5.41) is 0. The Kier molecular flexibility index (Phi) is 2.69. The first-order chi connectivity index (χ1) is 4.84. The fourth-order valence-corrected chi connectivity index (χ4v) is 1.19. The van der Waals surface area contributed by atoms with Gasteiger partial charge in [-0.15, -0.1) is 6.58 Å². The fourth-order valence-electron chi connectivity index (χ4n) is 1.19. The van der Waals surface area contributed by atoms with E-state index in [1.54, 1.807) is 0 Å². The minimum Gasteiger partial charge on any atom is -0.299 e. The zero-order valence-electron chi connectivity index (χ0n) is 6.51. The first-order valence-corrected chi connectivity index (χ1v) is 3.71. The highest BCUT2D eigenvalue weighted by molar-refractivity contribution is 4.92. The topological polar surface area (TPSA) is 3.24 Å². The van der Waals surface area contributed by atoms with Crippen LogP contribution in [0.15, 0.2) is 18.7 Å². The van der Waals surface area contributed by atoms with Crippen LogP contribution in [-0.4, -0.2) is 24.5 Å². The molecule has 0 aliphatic carbocycles. The van der Waals surface area contributed by atoms with E-state index in [1.807, 2.05) is 6.08 Å². The van der Waals surface area contributed by atoms with Crippen LogP contribution < -0.4 is 0 Å². The molecule has 0 bridgehead atoms. The molecule has 1 heterocycles. The first-order valence-electron chi connectivity index (χ1n) is 3.71. The Balaban J connectivity index is 2.42. The molecule has 0 saturated carbocycles. The third kappa shape index (κ3) is 1.71. The Labute approximate surface area is 63.0 Å². The van der Waals surface area contributed by atoms with Gasteiger partial charge in [0.1, 0.15) is 0 Å². The van der Waals surface area contributed by atoms with Gasteiger partial charge in [-0.05, 0) is 26.0 Å². The van der Waals surface area contributed by atoms with E-state index >= 15 is 0 Å². The van der Waals surface area contributed by atoms with E-state index in [1.165, 1.54) is 0 Å². The average Bonchev–Trinajstić information content (AvgIpc) is 1.94. The Morgan fingerprint density at radius 3 is 3.30 bits per heavy atom. The molecule has 55 valence electrons. The molecule has 10 heavy (non-hydrogen) atoms. The predicted molar refractivity (Wildman–Crippen MR) is 43.7 cm³/mol. The predicted octanol–water partition coefficient (Wildman–Crippen LogP) is 1.63. The lowest BCUT2D eigenvalue weighted by Gasteiger charge is -2.27. The van der Waals surface area contributed by atoms with Gasteiger partial charge in [0.25, 0.3) is 0 Å². The zero-order valence-corrected chi connectivity index (χ0v) is 6.51. The first kappa shape index (κ1) is 7.55. The molecule has 1 unspecified atom stereocenters. The summed E-state index contributed by atoms with van der Waals surface area (Å²) in [7, 11) is 2.14. The van der Waals surface area contributed by atoms with Gasteiger partial charge in [-0.2, -0.15) is 0 Å². The highest BCUT2D eigenvalue weighted by Crippen LogP contribution is 2.11. The molecule has 1 aliphatic heterocycles. The van der Waals surface area contributed by atoms with E-state index in [9.17, 15) is 0 Å². The quantitative estimate of drug-likeness (QED) is 0.521. The van der Waals surface area contributed by atoms with Gasteiger partial charge in [-0.3, -0.25) is 4.90 Å². The van der Waals surface area contributed by atoms with Crippen LogP contribution in [0.25, 0.3) is 0 Å². The maximum atomic E-state index is 3.72. The van der Waals surface area contributed by atoms with Gasteiger partial charge in [-0.25, -0.2) is 0 Å². The van der Waals surface area contributed by atoms with Crippen LogP contribution in [-0.2, 0) is 0 Å². The van der Waals surface area contributed by atoms with Gasteiger partial charge in [0.05, 0.1) is 0 Å². The molecule has 1 aliphatic rings. The van der Waals surface area contributed by atoms with Crippen molar-refractivity contribution < 1.29 is 0 Å². The monoisotopic (exact) mass is 136 g/mol. The van der Waals surface area contributed by atoms with Crippen molar-refractivity contribution in [2.75, 3.05) is 13.6 Å². The normalized spacial score (nSPS) is 26.7. The fraction of sp³-hybridized carbons (Fsp3) is 0.556. The second kappa shape index (κ2) is 3.57. The standard InChI is InChI=1S/C9H14N/c1-3-6-9-7-4-5-8-10(9)2/h3,5,9H,1,6-8H2,2H3. The van der Waals surface area contributed by atoms with Crippen LogP contribution in [0.1, 0.15) is 12.8 Å². The number of rotatable bonds is 2. The Morgan fingerprint density at radius 2 is 2.70 bits per heavy atom. The van der Waals surface area contributed by atoms with Gasteiger partial charge >= 0.3 is 0 Å². The summed E-state index contributed by atoms with van der Waals surface area (Å²) < 4.78 is 0. The third-order valence-electron chi connectivity index (χ3n) is 1.94. The van der Waals surface area contributed by atoms with Gasteiger partial charge in [0.2, 0.25) is 0 Å². The number of hydrogen-bond donors (Lipinski definition) is 0. The van der Waals surface area contributed by atoms with Crippen molar-refractivity contribution in [2.24, 2.45) is 0 Å². The molecular weight excluding hydrogens is 122 g/mol. The molecule has 0 fully saturated rings. The zero-order chi connectivity index (χ0) is 7.40. The molecule has 0 aromatic heterocycles. The van der Waals surface area contributed by atoms with Gasteiger partial charge < -0.3 is 0 Å². The van der Waals surface area contributed by atoms with Crippen LogP contribution in [0.5, 0.6) is 0 Å². The van der Waals surface area contributed by atoms with Gasteiger partial charge in [-0.1, -0.05) is 12.2 Å². The summed E-state index contributed by atoms with van der Waals surface area (Å²) in [6.07, 6.45) is 9.45. The minimum atomic E-state index is 0.641. The third-order valence-corrected chi connectivity index (χ3v) is 1.94. The maximum absolute atomic E-state index is 3.72. The summed E-state index contributed by atoms with van der Waals surface area (Å²) in [4.78, 5) is 2.33. The molecule has 1 atom stereocenters. The van der Waals surface area contributed by atoms with Gasteiger partial charge in [0.15, 0.2) is 0 Å². The maximum Gasteiger partial charge on any atom is 0.0170 e. The van der Waals surface area contributed by atoms with Crippen molar-refractivity contribution in [3.8, 4) is 0 Å². The summed E-state index contributed by atoms with van der Waals surface area (Å²) in [5.74, 6) is 0. The number of hydrogen-bond acceptors (Lipinski definition) is 1. The lowest BCUT2D eigenvalue weighted by atomic mass is 10.1. The van der Waals surface area contributed by atoms with E-state index in [0.29, 0.717) is 6.04 Å². The van der Waals surface area contributed by atoms with Gasteiger partial charge in [0, 0.05) is 12.6 Å². The summed E-state index contributed by atoms with van der Waals surface area (Å²) in [6, 6.07) is 0.641. The van der Waals surface area contributed by atoms with E-state index in [4.69, 9.17) is 0 Å². The second-order valence-electron chi connectivity index (χ2n) is 2.73. The molecule has 1 heteroatoms. The largest absolute Gasteiger partial charge is 0.299 e. The van der Waals surface area contributed by atoms with Crippen molar-refractivity contribution in [1.29, 1.82) is 0 Å². The average molecular weight is 136 g/mol. The van der Waals surface area contributed by atoms with Crippen LogP contribution in [0, 0.1) is 6.08 Å². The van der Waals surface area contributed by atoms with Crippen molar-refractivity contribution in [1.82, 2.24) is 4.90 Å². The second-order valence-corrected chi connectivity index (χ2v) is 2.73. The van der Waals surface area contributed by atoms with Crippen molar-refractivity contribution in [3.05, 3.63) is 24.8 Å². The highest BCUT2D eigenvalue weighted by Gasteiger charge is 2.12. The van der Waals surface area contributed by atoms with Crippen LogP contribution in [0.3, 0.4) is 0 Å². The van der Waals surface area contributed by atoms with E-state index in [-0.39, 0.29) is 0 Å². The Bertz CT molecular complexity index is 138. The van der Waals surface area contributed by atoms with Crippen LogP contribution >= 0.6 is 0 Å². The molecule has 0 saturated heterocycles. The summed E-state index contributed by atoms with van der Waals surface area (Å²) in [6.45, 7) is 4.76. The number of likely N-dealkylation sites (N-methyl/N-ethyl adjacent to an activating group) is 1. The lowest BCUT2D eigenvalue weighted by molar-refractivity contribution is 0.255. The molecule has 0 spiro atoms. The molecule has 1 nitrogen and oxygen atoms in total. The lowest BCUT2D eigenvalue weighted by Crippen LogP contribution is -2.33. The SMILES string of the molecule is C=CCC1C[C]=CCN1C.